The van der Waals surface area contributed by atoms with Crippen molar-refractivity contribution in [1.82, 2.24) is 15.1 Å². The first kappa shape index (κ1) is 18.0. The number of likely N-dealkylation sites (tertiary alicyclic amines) is 1. The summed E-state index contributed by atoms with van der Waals surface area (Å²) in [6.45, 7) is 6.02. The zero-order valence-electron chi connectivity index (χ0n) is 13.4. The molecule has 23 heavy (non-hydrogen) atoms. The molecule has 0 spiro atoms. The van der Waals surface area contributed by atoms with Gasteiger partial charge in [-0.05, 0) is 26.2 Å². The molecule has 0 radical (unpaired) electrons. The van der Waals surface area contributed by atoms with Crippen LogP contribution in [0.3, 0.4) is 0 Å². The highest BCUT2D eigenvalue weighted by Gasteiger charge is 2.29. The van der Waals surface area contributed by atoms with Crippen LogP contribution in [0.15, 0.2) is 4.34 Å². The first-order valence-corrected chi connectivity index (χ1v) is 9.53. The zero-order valence-corrected chi connectivity index (χ0v) is 15.1. The monoisotopic (exact) mass is 357 g/mol. The summed E-state index contributed by atoms with van der Waals surface area (Å²) in [4.78, 5) is 25.5. The third kappa shape index (κ3) is 5.07. The van der Waals surface area contributed by atoms with Crippen LogP contribution in [0, 0.1) is 5.92 Å². The number of amides is 2. The zero-order chi connectivity index (χ0) is 16.8. The molecular weight excluding hydrogens is 334 g/mol. The molecule has 7 nitrogen and oxygen atoms in total. The van der Waals surface area contributed by atoms with Crippen LogP contribution in [0.4, 0.5) is 5.13 Å². The number of thioether (sulfide) groups is 1. The first-order chi connectivity index (χ1) is 11.0. The topological polar surface area (TPSA) is 101 Å². The molecule has 1 aliphatic rings. The third-order valence-corrected chi connectivity index (χ3v) is 5.82. The Kier molecular flexibility index (Phi) is 6.64. The van der Waals surface area contributed by atoms with Gasteiger partial charge in [0.1, 0.15) is 0 Å². The lowest BCUT2D eigenvalue weighted by atomic mass is 9.96. The highest BCUT2D eigenvalue weighted by Crippen LogP contribution is 2.30. The smallest absolute Gasteiger partial charge is 0.235 e. The number of aromatic nitrogens is 2. The third-order valence-electron chi connectivity index (χ3n) is 3.77. The van der Waals surface area contributed by atoms with E-state index in [9.17, 15) is 9.59 Å². The summed E-state index contributed by atoms with van der Waals surface area (Å²) in [6, 6.07) is 0. The van der Waals surface area contributed by atoms with E-state index in [0.29, 0.717) is 25.9 Å². The molecule has 9 heteroatoms. The molecule has 0 saturated carbocycles. The summed E-state index contributed by atoms with van der Waals surface area (Å²) < 4.78 is 0.788. The minimum atomic E-state index is -0.263. The molecule has 3 N–H and O–H groups in total. The summed E-state index contributed by atoms with van der Waals surface area (Å²) in [6.07, 6.45) is 2.34. The maximum Gasteiger partial charge on any atom is 0.235 e. The van der Waals surface area contributed by atoms with Crippen LogP contribution in [0.1, 0.15) is 33.1 Å². The largest absolute Gasteiger partial charge is 0.369 e. The summed E-state index contributed by atoms with van der Waals surface area (Å²) >= 11 is 2.90. The number of hydrogen-bond acceptors (Lipinski definition) is 7. The lowest BCUT2D eigenvalue weighted by Gasteiger charge is -2.32. The molecule has 0 aromatic carbocycles. The van der Waals surface area contributed by atoms with Crippen LogP contribution < -0.4 is 11.1 Å². The SMILES string of the molecule is CCCNc1nnc(SC(C)C(=O)N2CCC(C(N)=O)CC2)s1. The van der Waals surface area contributed by atoms with Gasteiger partial charge in [0.15, 0.2) is 4.34 Å². The Morgan fingerprint density at radius 2 is 2.13 bits per heavy atom. The minimum absolute atomic E-state index is 0.0798. The van der Waals surface area contributed by atoms with Crippen molar-refractivity contribution >= 4 is 40.0 Å². The van der Waals surface area contributed by atoms with Gasteiger partial charge in [-0.1, -0.05) is 30.0 Å². The maximum atomic E-state index is 12.5. The average molecular weight is 358 g/mol. The van der Waals surface area contributed by atoms with E-state index in [-0.39, 0.29) is 23.0 Å². The van der Waals surface area contributed by atoms with Crippen molar-refractivity contribution in [2.24, 2.45) is 11.7 Å². The van der Waals surface area contributed by atoms with Gasteiger partial charge in [0, 0.05) is 25.6 Å². The van der Waals surface area contributed by atoms with E-state index in [1.54, 1.807) is 0 Å². The number of nitrogens with two attached hydrogens (primary N) is 1. The molecule has 1 saturated heterocycles. The van der Waals surface area contributed by atoms with Crippen LogP contribution in [-0.4, -0.2) is 51.8 Å². The van der Waals surface area contributed by atoms with Gasteiger partial charge in [0.25, 0.3) is 0 Å². The van der Waals surface area contributed by atoms with E-state index in [1.165, 1.54) is 23.1 Å². The number of nitrogens with one attached hydrogen (secondary N) is 1. The standard InChI is InChI=1S/C14H23N5O2S2/c1-3-6-16-13-17-18-14(23-13)22-9(2)12(21)19-7-4-10(5-8-19)11(15)20/h9-10H,3-8H2,1-2H3,(H2,15,20)(H,16,17). The molecule has 2 amide bonds. The van der Waals surface area contributed by atoms with Crippen LogP contribution in [0.5, 0.6) is 0 Å². The number of anilines is 1. The van der Waals surface area contributed by atoms with Gasteiger partial charge in [-0.15, -0.1) is 10.2 Å². The lowest BCUT2D eigenvalue weighted by molar-refractivity contribution is -0.134. The summed E-state index contributed by atoms with van der Waals surface area (Å²) in [5.74, 6) is -0.283. The molecule has 0 bridgehead atoms. The number of nitrogens with zero attached hydrogens (tertiary/aromatic N) is 3. The van der Waals surface area contributed by atoms with Crippen LogP contribution in [0.25, 0.3) is 0 Å². The van der Waals surface area contributed by atoms with Gasteiger partial charge in [-0.3, -0.25) is 9.59 Å². The molecule has 1 unspecified atom stereocenters. The van der Waals surface area contributed by atoms with Crippen molar-refractivity contribution in [3.8, 4) is 0 Å². The van der Waals surface area contributed by atoms with E-state index < -0.39 is 0 Å². The minimum Gasteiger partial charge on any atom is -0.369 e. The number of primary amides is 1. The van der Waals surface area contributed by atoms with Gasteiger partial charge in [-0.2, -0.15) is 0 Å². The molecule has 1 aromatic rings. The molecular formula is C14H23N5O2S2. The Balaban J connectivity index is 1.83. The van der Waals surface area contributed by atoms with Crippen molar-refractivity contribution in [3.05, 3.63) is 0 Å². The quantitative estimate of drug-likeness (QED) is 0.718. The van der Waals surface area contributed by atoms with Gasteiger partial charge < -0.3 is 16.0 Å². The van der Waals surface area contributed by atoms with Gasteiger partial charge in [-0.25, -0.2) is 0 Å². The van der Waals surface area contributed by atoms with E-state index in [4.69, 9.17) is 5.73 Å². The van der Waals surface area contributed by atoms with Crippen LogP contribution >= 0.6 is 23.1 Å². The van der Waals surface area contributed by atoms with E-state index >= 15 is 0 Å². The summed E-state index contributed by atoms with van der Waals surface area (Å²) in [5.41, 5.74) is 5.32. The average Bonchev–Trinajstić information content (AvgIpc) is 2.99. The Morgan fingerprint density at radius 3 is 2.74 bits per heavy atom. The van der Waals surface area contributed by atoms with Crippen LogP contribution in [-0.2, 0) is 9.59 Å². The van der Waals surface area contributed by atoms with Crippen molar-refractivity contribution in [2.75, 3.05) is 25.0 Å². The number of rotatable bonds is 7. The Bertz CT molecular complexity index is 543. The second-order valence-corrected chi connectivity index (χ2v) is 8.13. The second kappa shape index (κ2) is 8.49. The number of hydrogen-bond donors (Lipinski definition) is 2. The van der Waals surface area contributed by atoms with Crippen LogP contribution in [0.2, 0.25) is 0 Å². The number of carbonyl (C=O) groups is 2. The fraction of sp³-hybridized carbons (Fsp3) is 0.714. The number of piperidine rings is 1. The van der Waals surface area contributed by atoms with Crippen molar-refractivity contribution in [1.29, 1.82) is 0 Å². The van der Waals surface area contributed by atoms with E-state index in [0.717, 1.165) is 22.4 Å². The van der Waals surface area contributed by atoms with Crippen molar-refractivity contribution in [2.45, 2.75) is 42.7 Å². The van der Waals surface area contributed by atoms with E-state index in [2.05, 4.69) is 22.4 Å². The Morgan fingerprint density at radius 1 is 1.43 bits per heavy atom. The predicted octanol–water partition coefficient (Wildman–Crippen LogP) is 1.56. The molecule has 2 rings (SSSR count). The molecule has 0 aliphatic carbocycles. The molecule has 2 heterocycles. The Labute approximate surface area is 144 Å². The fourth-order valence-electron chi connectivity index (χ4n) is 2.40. The van der Waals surface area contributed by atoms with E-state index in [1.807, 2.05) is 11.8 Å². The van der Waals surface area contributed by atoms with Gasteiger partial charge in [0.2, 0.25) is 16.9 Å². The number of carbonyl (C=O) groups excluding carboxylic acids is 2. The summed E-state index contributed by atoms with van der Waals surface area (Å²) in [7, 11) is 0. The lowest BCUT2D eigenvalue weighted by Crippen LogP contribution is -2.44. The molecule has 1 aromatic heterocycles. The van der Waals surface area contributed by atoms with Crippen molar-refractivity contribution in [3.63, 3.8) is 0 Å². The second-order valence-electron chi connectivity index (χ2n) is 5.56. The highest BCUT2D eigenvalue weighted by molar-refractivity contribution is 8.02. The highest BCUT2D eigenvalue weighted by atomic mass is 32.2. The summed E-state index contributed by atoms with van der Waals surface area (Å²) in [5, 5.41) is 11.9. The normalized spacial score (nSPS) is 17.0. The Hall–Kier alpha value is -1.35. The maximum absolute atomic E-state index is 12.5. The predicted molar refractivity (Wildman–Crippen MR) is 92.5 cm³/mol. The van der Waals surface area contributed by atoms with Gasteiger partial charge in [0.05, 0.1) is 5.25 Å². The first-order valence-electron chi connectivity index (χ1n) is 7.83. The molecule has 1 atom stereocenters. The fourth-order valence-corrected chi connectivity index (χ4v) is 4.41. The van der Waals surface area contributed by atoms with Gasteiger partial charge >= 0.3 is 0 Å². The molecule has 1 fully saturated rings. The molecule has 1 aliphatic heterocycles. The molecule has 128 valence electrons. The van der Waals surface area contributed by atoms with Crippen molar-refractivity contribution < 1.29 is 9.59 Å².